The zero-order valence-electron chi connectivity index (χ0n) is 15.6. The van der Waals surface area contributed by atoms with Crippen LogP contribution in [0, 0.1) is 13.8 Å². The number of hydrogen-bond donors (Lipinski definition) is 1. The van der Waals surface area contributed by atoms with Crippen LogP contribution in [-0.2, 0) is 4.79 Å². The summed E-state index contributed by atoms with van der Waals surface area (Å²) in [6, 6.07) is 14.8. The van der Waals surface area contributed by atoms with Crippen LogP contribution in [-0.4, -0.2) is 11.1 Å². The van der Waals surface area contributed by atoms with Crippen LogP contribution >= 0.6 is 35.0 Å². The number of rotatable bonds is 3. The SMILES string of the molecule is Cc1cccc(N=C2NC(=O)/C(=C\c3ccc(-c4ccc(Cl)c(Cl)c4)o3)S2)c1C. The molecule has 0 saturated carbocycles. The molecule has 1 aliphatic heterocycles. The highest BCUT2D eigenvalue weighted by Gasteiger charge is 2.24. The van der Waals surface area contributed by atoms with E-state index in [0.29, 0.717) is 31.6 Å². The fraction of sp³-hybridized carbons (Fsp3) is 0.0909. The third-order valence-electron chi connectivity index (χ3n) is 4.55. The summed E-state index contributed by atoms with van der Waals surface area (Å²) in [5.74, 6) is 1.01. The van der Waals surface area contributed by atoms with Crippen molar-refractivity contribution in [1.82, 2.24) is 5.32 Å². The van der Waals surface area contributed by atoms with Gasteiger partial charge in [-0.1, -0.05) is 35.3 Å². The monoisotopic (exact) mass is 442 g/mol. The topological polar surface area (TPSA) is 54.6 Å². The van der Waals surface area contributed by atoms with Crippen LogP contribution in [0.4, 0.5) is 5.69 Å². The maximum Gasteiger partial charge on any atom is 0.264 e. The van der Waals surface area contributed by atoms with Gasteiger partial charge in [-0.3, -0.25) is 4.79 Å². The van der Waals surface area contributed by atoms with Crippen molar-refractivity contribution in [2.45, 2.75) is 13.8 Å². The average Bonchev–Trinajstić information content (AvgIpc) is 3.28. The van der Waals surface area contributed by atoms with E-state index in [4.69, 9.17) is 27.6 Å². The van der Waals surface area contributed by atoms with Crippen molar-refractivity contribution in [3.8, 4) is 11.3 Å². The van der Waals surface area contributed by atoms with Crippen LogP contribution in [0.25, 0.3) is 17.4 Å². The summed E-state index contributed by atoms with van der Waals surface area (Å²) in [6.45, 7) is 4.05. The zero-order chi connectivity index (χ0) is 20.5. The minimum absolute atomic E-state index is 0.202. The highest BCUT2D eigenvalue weighted by Crippen LogP contribution is 2.33. The van der Waals surface area contributed by atoms with Gasteiger partial charge in [-0.15, -0.1) is 0 Å². The molecule has 7 heteroatoms. The van der Waals surface area contributed by atoms with Crippen molar-refractivity contribution in [2.24, 2.45) is 4.99 Å². The van der Waals surface area contributed by atoms with Crippen LogP contribution in [0.15, 0.2) is 62.8 Å². The van der Waals surface area contributed by atoms with E-state index in [-0.39, 0.29) is 5.91 Å². The fourth-order valence-corrected chi connectivity index (χ4v) is 3.92. The summed E-state index contributed by atoms with van der Waals surface area (Å²) >= 11 is 13.3. The third-order valence-corrected chi connectivity index (χ3v) is 6.20. The largest absolute Gasteiger partial charge is 0.457 e. The zero-order valence-corrected chi connectivity index (χ0v) is 18.0. The van der Waals surface area contributed by atoms with Gasteiger partial charge in [0.25, 0.3) is 5.91 Å². The van der Waals surface area contributed by atoms with Gasteiger partial charge in [0.1, 0.15) is 11.5 Å². The van der Waals surface area contributed by atoms with Gasteiger partial charge < -0.3 is 9.73 Å². The summed E-state index contributed by atoms with van der Waals surface area (Å²) in [6.07, 6.45) is 1.70. The molecule has 1 saturated heterocycles. The fourth-order valence-electron chi connectivity index (χ4n) is 2.81. The number of carbonyl (C=O) groups is 1. The van der Waals surface area contributed by atoms with Gasteiger partial charge in [0.05, 0.1) is 20.6 Å². The Morgan fingerprint density at radius 1 is 1.07 bits per heavy atom. The first-order valence-electron chi connectivity index (χ1n) is 8.82. The molecule has 1 N–H and O–H groups in total. The van der Waals surface area contributed by atoms with E-state index in [0.717, 1.165) is 22.4 Å². The van der Waals surface area contributed by atoms with Gasteiger partial charge in [-0.25, -0.2) is 4.99 Å². The number of aryl methyl sites for hydroxylation is 1. The lowest BCUT2D eigenvalue weighted by Gasteiger charge is -2.04. The maximum absolute atomic E-state index is 12.3. The summed E-state index contributed by atoms with van der Waals surface area (Å²) in [5.41, 5.74) is 3.89. The molecule has 0 aliphatic carbocycles. The van der Waals surface area contributed by atoms with E-state index in [9.17, 15) is 4.79 Å². The highest BCUT2D eigenvalue weighted by molar-refractivity contribution is 8.18. The van der Waals surface area contributed by atoms with E-state index >= 15 is 0 Å². The molecule has 0 spiro atoms. The predicted molar refractivity (Wildman–Crippen MR) is 121 cm³/mol. The second-order valence-electron chi connectivity index (χ2n) is 6.53. The molecular weight excluding hydrogens is 427 g/mol. The Bertz CT molecular complexity index is 1180. The first-order valence-corrected chi connectivity index (χ1v) is 10.4. The molecule has 3 aromatic rings. The van der Waals surface area contributed by atoms with Crippen LogP contribution in [0.3, 0.4) is 0 Å². The van der Waals surface area contributed by atoms with Gasteiger partial charge in [0, 0.05) is 11.6 Å². The van der Waals surface area contributed by atoms with Gasteiger partial charge in [0.15, 0.2) is 5.17 Å². The summed E-state index contributed by atoms with van der Waals surface area (Å²) < 4.78 is 5.85. The van der Waals surface area contributed by atoms with E-state index in [2.05, 4.69) is 10.3 Å². The molecular formula is C22H16Cl2N2O2S. The number of nitrogens with one attached hydrogen (secondary N) is 1. The molecule has 1 aromatic heterocycles. The number of amidine groups is 1. The van der Waals surface area contributed by atoms with E-state index in [1.54, 1.807) is 24.3 Å². The number of nitrogens with zero attached hydrogens (tertiary/aromatic N) is 1. The number of thioether (sulfide) groups is 1. The minimum Gasteiger partial charge on any atom is -0.457 e. The van der Waals surface area contributed by atoms with Crippen LogP contribution in [0.5, 0.6) is 0 Å². The van der Waals surface area contributed by atoms with E-state index in [1.165, 1.54) is 11.8 Å². The molecule has 29 heavy (non-hydrogen) atoms. The number of hydrogen-bond acceptors (Lipinski definition) is 4. The van der Waals surface area contributed by atoms with E-state index in [1.807, 2.05) is 44.2 Å². The molecule has 2 heterocycles. The second kappa shape index (κ2) is 8.11. The number of amides is 1. The van der Waals surface area contributed by atoms with Crippen molar-refractivity contribution in [1.29, 1.82) is 0 Å². The second-order valence-corrected chi connectivity index (χ2v) is 8.38. The lowest BCUT2D eigenvalue weighted by molar-refractivity contribution is -0.115. The molecule has 146 valence electrons. The Balaban J connectivity index is 1.57. The molecule has 0 radical (unpaired) electrons. The molecule has 1 aliphatic rings. The quantitative estimate of drug-likeness (QED) is 0.455. The number of benzene rings is 2. The normalized spacial score (nSPS) is 16.6. The summed E-state index contributed by atoms with van der Waals surface area (Å²) in [4.78, 5) is 17.4. The van der Waals surface area contributed by atoms with Crippen molar-refractivity contribution in [3.05, 3.63) is 80.4 Å². The number of aliphatic imine (C=N–C) groups is 1. The maximum atomic E-state index is 12.3. The first kappa shape index (κ1) is 19.8. The van der Waals surface area contributed by atoms with Crippen molar-refractivity contribution < 1.29 is 9.21 Å². The smallest absolute Gasteiger partial charge is 0.264 e. The molecule has 1 fully saturated rings. The molecule has 4 rings (SSSR count). The van der Waals surface area contributed by atoms with E-state index < -0.39 is 0 Å². The third kappa shape index (κ3) is 4.27. The molecule has 0 atom stereocenters. The number of furan rings is 1. The van der Waals surface area contributed by atoms with Gasteiger partial charge in [0.2, 0.25) is 0 Å². The van der Waals surface area contributed by atoms with Gasteiger partial charge in [-0.2, -0.15) is 0 Å². The standard InChI is InChI=1S/C22H16Cl2N2O2S/c1-12-4-3-5-18(13(12)2)25-22-26-21(27)20(29-22)11-15-7-9-19(28-15)14-6-8-16(23)17(24)10-14/h3-11H,1-2H3,(H,25,26,27)/b20-11+. The van der Waals surface area contributed by atoms with Crippen molar-refractivity contribution >= 4 is 57.8 Å². The van der Waals surface area contributed by atoms with Crippen molar-refractivity contribution in [2.75, 3.05) is 0 Å². The minimum atomic E-state index is -0.202. The number of halogens is 2. The Morgan fingerprint density at radius 2 is 1.90 bits per heavy atom. The molecule has 1 amide bonds. The summed E-state index contributed by atoms with van der Waals surface area (Å²) in [5, 5.41) is 4.29. The molecule has 0 unspecified atom stereocenters. The molecule has 0 bridgehead atoms. The first-order chi connectivity index (χ1) is 13.9. The van der Waals surface area contributed by atoms with Crippen molar-refractivity contribution in [3.63, 3.8) is 0 Å². The Morgan fingerprint density at radius 3 is 2.69 bits per heavy atom. The predicted octanol–water partition coefficient (Wildman–Crippen LogP) is 6.76. The van der Waals surface area contributed by atoms with Crippen LogP contribution in [0.2, 0.25) is 10.0 Å². The van der Waals surface area contributed by atoms with Gasteiger partial charge >= 0.3 is 0 Å². The lowest BCUT2D eigenvalue weighted by atomic mass is 10.1. The summed E-state index contributed by atoms with van der Waals surface area (Å²) in [7, 11) is 0. The Kier molecular flexibility index (Phi) is 5.54. The number of carbonyl (C=O) groups excluding carboxylic acids is 1. The van der Waals surface area contributed by atoms with Crippen LogP contribution in [0.1, 0.15) is 16.9 Å². The van der Waals surface area contributed by atoms with Gasteiger partial charge in [-0.05, 0) is 73.1 Å². The molecule has 4 nitrogen and oxygen atoms in total. The lowest BCUT2D eigenvalue weighted by Crippen LogP contribution is -2.19. The molecule has 2 aromatic carbocycles. The van der Waals surface area contributed by atoms with Crippen LogP contribution < -0.4 is 5.32 Å². The average molecular weight is 443 g/mol. The Labute approximate surface area is 182 Å². The Hall–Kier alpha value is -2.47. The highest BCUT2D eigenvalue weighted by atomic mass is 35.5.